The first-order valence-corrected chi connectivity index (χ1v) is 3.48. The van der Waals surface area contributed by atoms with E-state index in [1.165, 1.54) is 6.92 Å². The number of halogens is 3. The number of aliphatic carboxylic acids is 1. The van der Waals surface area contributed by atoms with Gasteiger partial charge < -0.3 is 5.11 Å². The van der Waals surface area contributed by atoms with Gasteiger partial charge in [0, 0.05) is 0 Å². The Morgan fingerprint density at radius 1 is 1.80 bits per heavy atom. The molecule has 10 heavy (non-hydrogen) atoms. The van der Waals surface area contributed by atoms with Gasteiger partial charge in [-0.3, -0.25) is 4.79 Å². The Bertz CT molecular complexity index is 132. The Labute approximate surface area is 65.4 Å². The van der Waals surface area contributed by atoms with E-state index in [9.17, 15) is 13.6 Å². The Morgan fingerprint density at radius 2 is 2.20 bits per heavy atom. The predicted molar refractivity (Wildman–Crippen MR) is 35.3 cm³/mol. The van der Waals surface area contributed by atoms with E-state index in [1.54, 1.807) is 0 Å². The molecule has 0 rings (SSSR count). The van der Waals surface area contributed by atoms with Gasteiger partial charge in [-0.15, -0.1) is 0 Å². The van der Waals surface area contributed by atoms with Gasteiger partial charge in [-0.25, -0.2) is 0 Å². The fourth-order valence-corrected chi connectivity index (χ4v) is 1.07. The van der Waals surface area contributed by atoms with E-state index in [1.807, 2.05) is 15.9 Å². The summed E-state index contributed by atoms with van der Waals surface area (Å²) in [6.45, 7) is 1.40. The average molecular weight is 217 g/mol. The predicted octanol–water partition coefficient (Wildman–Crippen LogP) is 2.08. The fraction of sp³-hybridized carbons (Fsp3) is 0.800. The lowest BCUT2D eigenvalue weighted by Crippen LogP contribution is -2.28. The van der Waals surface area contributed by atoms with E-state index in [0.717, 1.165) is 0 Å². The molecule has 0 bridgehead atoms. The maximum atomic E-state index is 12.2. The molecule has 0 aromatic heterocycles. The minimum absolute atomic E-state index is 0.0897. The monoisotopic (exact) mass is 216 g/mol. The van der Waals surface area contributed by atoms with Gasteiger partial charge in [0.1, 0.15) is 5.92 Å². The van der Waals surface area contributed by atoms with Crippen molar-refractivity contribution in [3.8, 4) is 0 Å². The molecule has 0 heterocycles. The third kappa shape index (κ3) is 2.60. The standard InChI is InChI=1S/C5H7BrF2O2/c1-2-3(4(9)10)5(6,7)8/h3H,2H2,1H3,(H,9,10). The molecule has 0 saturated heterocycles. The van der Waals surface area contributed by atoms with Crippen molar-refractivity contribution < 1.29 is 18.7 Å². The summed E-state index contributed by atoms with van der Waals surface area (Å²) in [6, 6.07) is 0. The Kier molecular flexibility index (Phi) is 3.21. The molecule has 0 aliphatic rings. The molecule has 1 N–H and O–H groups in total. The molecule has 60 valence electrons. The van der Waals surface area contributed by atoms with E-state index in [2.05, 4.69) is 0 Å². The van der Waals surface area contributed by atoms with Crippen molar-refractivity contribution in [2.45, 2.75) is 18.2 Å². The molecule has 0 aliphatic carbocycles. The lowest BCUT2D eigenvalue weighted by molar-refractivity contribution is -0.148. The van der Waals surface area contributed by atoms with Crippen molar-refractivity contribution in [2.24, 2.45) is 5.92 Å². The van der Waals surface area contributed by atoms with Crippen LogP contribution in [0, 0.1) is 5.92 Å². The largest absolute Gasteiger partial charge is 0.481 e. The van der Waals surface area contributed by atoms with Gasteiger partial charge in [-0.1, -0.05) is 6.92 Å². The summed E-state index contributed by atoms with van der Waals surface area (Å²) in [5, 5.41) is 8.20. The van der Waals surface area contributed by atoms with Crippen LogP contribution < -0.4 is 0 Å². The molecule has 1 unspecified atom stereocenters. The highest BCUT2D eigenvalue weighted by Gasteiger charge is 2.40. The quantitative estimate of drug-likeness (QED) is 0.734. The molecule has 0 spiro atoms. The number of alkyl halides is 3. The van der Waals surface area contributed by atoms with E-state index >= 15 is 0 Å². The maximum absolute atomic E-state index is 12.2. The summed E-state index contributed by atoms with van der Waals surface area (Å²) < 4.78 is 24.3. The van der Waals surface area contributed by atoms with Crippen LogP contribution in [0.15, 0.2) is 0 Å². The van der Waals surface area contributed by atoms with Crippen molar-refractivity contribution in [3.05, 3.63) is 0 Å². The van der Waals surface area contributed by atoms with Crippen LogP contribution in [0.5, 0.6) is 0 Å². The number of carbonyl (C=O) groups is 1. The van der Waals surface area contributed by atoms with E-state index < -0.39 is 16.7 Å². The van der Waals surface area contributed by atoms with Gasteiger partial charge in [0.15, 0.2) is 0 Å². The Morgan fingerprint density at radius 3 is 2.20 bits per heavy atom. The van der Waals surface area contributed by atoms with Crippen molar-refractivity contribution >= 4 is 21.9 Å². The van der Waals surface area contributed by atoms with E-state index in [-0.39, 0.29) is 6.42 Å². The Hall–Kier alpha value is -0.190. The minimum atomic E-state index is -3.30. The maximum Gasteiger partial charge on any atom is 0.314 e. The molecular weight excluding hydrogens is 210 g/mol. The van der Waals surface area contributed by atoms with Gasteiger partial charge in [-0.05, 0) is 22.4 Å². The summed E-state index contributed by atoms with van der Waals surface area (Å²) >= 11 is 1.99. The summed E-state index contributed by atoms with van der Waals surface area (Å²) in [7, 11) is 0. The van der Waals surface area contributed by atoms with Crippen LogP contribution in [0.25, 0.3) is 0 Å². The molecule has 0 aliphatic heterocycles. The van der Waals surface area contributed by atoms with Crippen molar-refractivity contribution in [1.29, 1.82) is 0 Å². The number of hydrogen-bond donors (Lipinski definition) is 1. The lowest BCUT2D eigenvalue weighted by Gasteiger charge is -2.14. The zero-order valence-corrected chi connectivity index (χ0v) is 6.86. The summed E-state index contributed by atoms with van der Waals surface area (Å²) in [5.41, 5.74) is 0. The van der Waals surface area contributed by atoms with Gasteiger partial charge in [0.05, 0.1) is 0 Å². The smallest absolute Gasteiger partial charge is 0.314 e. The van der Waals surface area contributed by atoms with Gasteiger partial charge in [-0.2, -0.15) is 8.78 Å². The molecule has 2 nitrogen and oxygen atoms in total. The van der Waals surface area contributed by atoms with E-state index in [4.69, 9.17) is 5.11 Å². The van der Waals surface area contributed by atoms with Crippen LogP contribution in [0.2, 0.25) is 0 Å². The highest BCUT2D eigenvalue weighted by atomic mass is 79.9. The second-order valence-electron chi connectivity index (χ2n) is 1.84. The van der Waals surface area contributed by atoms with Crippen molar-refractivity contribution in [3.63, 3.8) is 0 Å². The number of carboxylic acids is 1. The zero-order valence-electron chi connectivity index (χ0n) is 5.27. The van der Waals surface area contributed by atoms with Crippen LogP contribution in [0.1, 0.15) is 13.3 Å². The first kappa shape index (κ1) is 9.81. The molecule has 0 saturated carbocycles. The Balaban J connectivity index is 4.22. The van der Waals surface area contributed by atoms with Crippen LogP contribution in [-0.4, -0.2) is 15.9 Å². The summed E-state index contributed by atoms with van der Waals surface area (Å²) in [6.07, 6.45) is -0.0897. The van der Waals surface area contributed by atoms with Crippen molar-refractivity contribution in [1.82, 2.24) is 0 Å². The van der Waals surface area contributed by atoms with E-state index in [0.29, 0.717) is 0 Å². The third-order valence-electron chi connectivity index (χ3n) is 1.10. The molecule has 1 atom stereocenters. The van der Waals surface area contributed by atoms with Crippen LogP contribution >= 0.6 is 15.9 Å². The molecule has 0 aromatic carbocycles. The molecule has 0 amide bonds. The number of carboxylic acid groups (broad SMARTS) is 1. The number of hydrogen-bond acceptors (Lipinski definition) is 1. The van der Waals surface area contributed by atoms with Gasteiger partial charge in [0.25, 0.3) is 0 Å². The van der Waals surface area contributed by atoms with Crippen LogP contribution in [0.3, 0.4) is 0 Å². The third-order valence-corrected chi connectivity index (χ3v) is 1.65. The van der Waals surface area contributed by atoms with Gasteiger partial charge in [0.2, 0.25) is 0 Å². The average Bonchev–Trinajstić information content (AvgIpc) is 1.60. The molecule has 0 aromatic rings. The molecule has 5 heteroatoms. The highest BCUT2D eigenvalue weighted by molar-refractivity contribution is 9.10. The first-order chi connectivity index (χ1) is 4.39. The SMILES string of the molecule is CCC(C(=O)O)C(F)(F)Br. The van der Waals surface area contributed by atoms with Gasteiger partial charge >= 0.3 is 10.8 Å². The molecular formula is C5H7BrF2O2. The second kappa shape index (κ2) is 3.27. The first-order valence-electron chi connectivity index (χ1n) is 2.69. The van der Waals surface area contributed by atoms with Crippen LogP contribution in [-0.2, 0) is 4.79 Å². The topological polar surface area (TPSA) is 37.3 Å². The van der Waals surface area contributed by atoms with Crippen LogP contribution in [0.4, 0.5) is 8.78 Å². The minimum Gasteiger partial charge on any atom is -0.481 e. The highest BCUT2D eigenvalue weighted by Crippen LogP contribution is 2.33. The fourth-order valence-electron chi connectivity index (χ4n) is 0.546. The second-order valence-corrected chi connectivity index (χ2v) is 2.90. The summed E-state index contributed by atoms with van der Waals surface area (Å²) in [5.74, 6) is -3.11. The zero-order chi connectivity index (χ0) is 8.36. The molecule has 0 radical (unpaired) electrons. The van der Waals surface area contributed by atoms with Crippen molar-refractivity contribution in [2.75, 3.05) is 0 Å². The number of rotatable bonds is 3. The normalized spacial score (nSPS) is 14.8. The molecule has 0 fully saturated rings. The lowest BCUT2D eigenvalue weighted by atomic mass is 10.1. The summed E-state index contributed by atoms with van der Waals surface area (Å²) in [4.78, 5) is 6.77.